The van der Waals surface area contributed by atoms with E-state index >= 15 is 0 Å². The van der Waals surface area contributed by atoms with Crippen LogP contribution in [0.3, 0.4) is 0 Å². The number of carbonyl (C=O) groups is 1. The molecule has 162 valence electrons. The molecule has 0 spiro atoms. The Balaban J connectivity index is 1.82. The van der Waals surface area contributed by atoms with E-state index in [9.17, 15) is 23.1 Å². The molecule has 0 unspecified atom stereocenters. The second kappa shape index (κ2) is 9.26. The molecule has 0 bridgehead atoms. The van der Waals surface area contributed by atoms with Gasteiger partial charge in [-0.2, -0.15) is 13.2 Å². The van der Waals surface area contributed by atoms with E-state index in [0.29, 0.717) is 13.0 Å². The van der Waals surface area contributed by atoms with Crippen LogP contribution in [0.4, 0.5) is 24.5 Å². The molecule has 0 saturated heterocycles. The van der Waals surface area contributed by atoms with Crippen LogP contribution in [0.2, 0.25) is 5.02 Å². The number of halogens is 4. The summed E-state index contributed by atoms with van der Waals surface area (Å²) in [6.07, 6.45) is -2.53. The zero-order valence-electron chi connectivity index (χ0n) is 16.4. The molecule has 0 saturated carbocycles. The monoisotopic (exact) mass is 449 g/mol. The number of phenols is 1. The van der Waals surface area contributed by atoms with Crippen molar-refractivity contribution >= 4 is 28.9 Å². The Morgan fingerprint density at radius 1 is 1.16 bits per heavy atom. The Labute approximate surface area is 182 Å². The highest BCUT2D eigenvalue weighted by molar-refractivity contribution is 6.31. The fourth-order valence-electron chi connectivity index (χ4n) is 3.01. The highest BCUT2D eigenvalue weighted by Crippen LogP contribution is 2.38. The number of rotatable bonds is 6. The van der Waals surface area contributed by atoms with Crippen molar-refractivity contribution in [2.45, 2.75) is 12.6 Å². The summed E-state index contributed by atoms with van der Waals surface area (Å²) in [5, 5.41) is 12.4. The molecule has 0 radical (unpaired) electrons. The minimum absolute atomic E-state index is 0.0213. The summed E-state index contributed by atoms with van der Waals surface area (Å²) in [6, 6.07) is 12.8. The van der Waals surface area contributed by atoms with E-state index in [0.717, 1.165) is 11.8 Å². The molecule has 3 aromatic rings. The van der Waals surface area contributed by atoms with Gasteiger partial charge in [0.25, 0.3) is 5.91 Å². The molecule has 3 rings (SSSR count). The Morgan fingerprint density at radius 2 is 1.94 bits per heavy atom. The fraction of sp³-hybridized carbons (Fsp3) is 0.182. The average Bonchev–Trinajstić information content (AvgIpc) is 2.73. The lowest BCUT2D eigenvalue weighted by Crippen LogP contribution is -2.24. The van der Waals surface area contributed by atoms with E-state index in [-0.39, 0.29) is 27.7 Å². The summed E-state index contributed by atoms with van der Waals surface area (Å²) in [4.78, 5) is 18.1. The lowest BCUT2D eigenvalue weighted by molar-refractivity contribution is -0.137. The Bertz CT molecular complexity index is 1080. The number of anilines is 2. The van der Waals surface area contributed by atoms with E-state index in [1.165, 1.54) is 35.2 Å². The van der Waals surface area contributed by atoms with Gasteiger partial charge in [0.05, 0.1) is 11.1 Å². The third kappa shape index (κ3) is 5.67. The number of carbonyl (C=O) groups excluding carboxylic acids is 1. The highest BCUT2D eigenvalue weighted by Gasteiger charge is 2.35. The first kappa shape index (κ1) is 22.4. The van der Waals surface area contributed by atoms with Gasteiger partial charge in [-0.05, 0) is 48.5 Å². The number of hydrogen-bond acceptors (Lipinski definition) is 4. The van der Waals surface area contributed by atoms with Crippen molar-refractivity contribution in [3.8, 4) is 5.75 Å². The van der Waals surface area contributed by atoms with Gasteiger partial charge in [0.2, 0.25) is 0 Å². The summed E-state index contributed by atoms with van der Waals surface area (Å²) in [6.45, 7) is 0.322. The minimum Gasteiger partial charge on any atom is -0.507 e. The van der Waals surface area contributed by atoms with E-state index in [1.807, 2.05) is 12.1 Å². The number of likely N-dealkylation sites (N-methyl/N-ethyl adjacent to an activating group) is 1. The number of pyridine rings is 1. The molecule has 0 aliphatic heterocycles. The molecule has 31 heavy (non-hydrogen) atoms. The van der Waals surface area contributed by atoms with Gasteiger partial charge in [-0.3, -0.25) is 9.78 Å². The van der Waals surface area contributed by atoms with Crippen molar-refractivity contribution in [2.24, 2.45) is 0 Å². The van der Waals surface area contributed by atoms with E-state index in [1.54, 1.807) is 19.3 Å². The van der Waals surface area contributed by atoms with Crippen LogP contribution in [-0.2, 0) is 12.6 Å². The van der Waals surface area contributed by atoms with E-state index < -0.39 is 17.6 Å². The number of benzene rings is 2. The molecule has 9 heteroatoms. The van der Waals surface area contributed by atoms with Crippen LogP contribution in [0.15, 0.2) is 60.8 Å². The van der Waals surface area contributed by atoms with Gasteiger partial charge in [0.15, 0.2) is 0 Å². The van der Waals surface area contributed by atoms with Crippen LogP contribution in [0.1, 0.15) is 21.6 Å². The number of aromatic nitrogens is 1. The average molecular weight is 450 g/mol. The van der Waals surface area contributed by atoms with Crippen LogP contribution < -0.4 is 10.2 Å². The van der Waals surface area contributed by atoms with Crippen LogP contribution in [0, 0.1) is 0 Å². The fourth-order valence-corrected chi connectivity index (χ4v) is 3.18. The molecule has 0 aliphatic rings. The van der Waals surface area contributed by atoms with Gasteiger partial charge in [0, 0.05) is 48.3 Å². The van der Waals surface area contributed by atoms with Crippen molar-refractivity contribution < 1.29 is 23.1 Å². The maximum atomic E-state index is 13.7. The number of phenolic OH excluding ortho intramolecular Hbond substituents is 1. The van der Waals surface area contributed by atoms with Crippen molar-refractivity contribution in [2.75, 3.05) is 23.8 Å². The van der Waals surface area contributed by atoms with Gasteiger partial charge < -0.3 is 15.3 Å². The van der Waals surface area contributed by atoms with E-state index in [2.05, 4.69) is 10.3 Å². The number of alkyl halides is 3. The predicted molar refractivity (Wildman–Crippen MR) is 114 cm³/mol. The molecule has 1 heterocycles. The Hall–Kier alpha value is -3.26. The zero-order valence-corrected chi connectivity index (χ0v) is 17.2. The van der Waals surface area contributed by atoms with Crippen molar-refractivity contribution in [1.29, 1.82) is 0 Å². The molecule has 1 aromatic heterocycles. The molecule has 2 aromatic carbocycles. The van der Waals surface area contributed by atoms with Crippen molar-refractivity contribution in [1.82, 2.24) is 4.98 Å². The first-order valence-corrected chi connectivity index (χ1v) is 9.65. The molecule has 0 aliphatic carbocycles. The largest absolute Gasteiger partial charge is 0.507 e. The molecule has 5 nitrogen and oxygen atoms in total. The van der Waals surface area contributed by atoms with Gasteiger partial charge in [-0.15, -0.1) is 0 Å². The predicted octanol–water partition coefficient (Wildman–Crippen LogP) is 5.39. The minimum atomic E-state index is -4.63. The number of nitrogens with zero attached hydrogens (tertiary/aromatic N) is 2. The van der Waals surface area contributed by atoms with E-state index in [4.69, 9.17) is 11.6 Å². The molecule has 0 fully saturated rings. The van der Waals surface area contributed by atoms with Crippen molar-refractivity contribution in [3.05, 3.63) is 82.6 Å². The summed E-state index contributed by atoms with van der Waals surface area (Å²) >= 11 is 5.83. The first-order valence-electron chi connectivity index (χ1n) is 9.27. The lowest BCUT2D eigenvalue weighted by Gasteiger charge is -2.24. The zero-order chi connectivity index (χ0) is 22.6. The topological polar surface area (TPSA) is 65.5 Å². The lowest BCUT2D eigenvalue weighted by atomic mass is 10.1. The molecule has 0 atom stereocenters. The number of amides is 1. The molecule has 1 amide bonds. The van der Waals surface area contributed by atoms with Gasteiger partial charge in [-0.25, -0.2) is 0 Å². The van der Waals surface area contributed by atoms with Crippen molar-refractivity contribution in [3.63, 3.8) is 0 Å². The molecular weight excluding hydrogens is 431 g/mol. The molecule has 2 N–H and O–H groups in total. The summed E-state index contributed by atoms with van der Waals surface area (Å²) in [7, 11) is 1.57. The summed E-state index contributed by atoms with van der Waals surface area (Å²) in [5.41, 5.74) is -0.333. The Kier molecular flexibility index (Phi) is 6.70. The Morgan fingerprint density at radius 3 is 2.61 bits per heavy atom. The number of nitrogens with one attached hydrogen (secondary N) is 1. The maximum Gasteiger partial charge on any atom is 0.418 e. The van der Waals surface area contributed by atoms with Gasteiger partial charge >= 0.3 is 6.18 Å². The first-order chi connectivity index (χ1) is 14.6. The van der Waals surface area contributed by atoms with Gasteiger partial charge in [0.1, 0.15) is 5.75 Å². The van der Waals surface area contributed by atoms with Gasteiger partial charge in [-0.1, -0.05) is 17.7 Å². The van der Waals surface area contributed by atoms with Crippen LogP contribution >= 0.6 is 11.6 Å². The van der Waals surface area contributed by atoms with Crippen LogP contribution in [-0.4, -0.2) is 29.6 Å². The van der Waals surface area contributed by atoms with Crippen LogP contribution in [0.5, 0.6) is 5.75 Å². The third-order valence-corrected chi connectivity index (χ3v) is 4.84. The number of hydrogen-bond donors (Lipinski definition) is 2. The molecular formula is C22H19ClF3N3O2. The number of aromatic hydroxyl groups is 1. The second-order valence-corrected chi connectivity index (χ2v) is 7.27. The maximum absolute atomic E-state index is 13.7. The smallest absolute Gasteiger partial charge is 0.418 e. The highest BCUT2D eigenvalue weighted by atomic mass is 35.5. The SMILES string of the molecule is CN(CCc1ccccn1)c1ccc(NC(=O)c2cc(Cl)ccc2O)cc1C(F)(F)F. The summed E-state index contributed by atoms with van der Waals surface area (Å²) < 4.78 is 41.2. The normalized spacial score (nSPS) is 11.3. The third-order valence-electron chi connectivity index (χ3n) is 4.60. The van der Waals surface area contributed by atoms with Crippen LogP contribution in [0.25, 0.3) is 0 Å². The second-order valence-electron chi connectivity index (χ2n) is 6.84. The summed E-state index contributed by atoms with van der Waals surface area (Å²) in [5.74, 6) is -1.10. The standard InChI is InChI=1S/C22H19ClF3N3O2/c1-29(11-9-15-4-2-3-10-27-15)19-7-6-16(13-18(19)22(24,25)26)28-21(31)17-12-14(23)5-8-20(17)30/h2-8,10,12-13,30H,9,11H2,1H3,(H,28,31). The quantitative estimate of drug-likeness (QED) is 0.529.